The first kappa shape index (κ1) is 20.3. The Hall–Kier alpha value is -2.94. The van der Waals surface area contributed by atoms with Crippen molar-refractivity contribution < 1.29 is 23.7 Å². The number of carbonyl (C=O) groups is 1. The van der Waals surface area contributed by atoms with Crippen molar-refractivity contribution in [3.8, 4) is 23.1 Å². The van der Waals surface area contributed by atoms with E-state index in [0.29, 0.717) is 34.4 Å². The van der Waals surface area contributed by atoms with Crippen LogP contribution in [0.3, 0.4) is 0 Å². The lowest BCUT2D eigenvalue weighted by molar-refractivity contribution is 0.0929. The number of anilines is 1. The van der Waals surface area contributed by atoms with Gasteiger partial charge in [0.15, 0.2) is 17.3 Å². The number of carbonyl (C=O) groups excluding carboxylic acids is 1. The third-order valence-electron chi connectivity index (χ3n) is 5.26. The lowest BCUT2D eigenvalue weighted by atomic mass is 9.85. The number of rotatable bonds is 6. The Morgan fingerprint density at radius 1 is 1.07 bits per heavy atom. The van der Waals surface area contributed by atoms with Crippen LogP contribution in [0.4, 0.5) is 5.69 Å². The van der Waals surface area contributed by atoms with Gasteiger partial charge in [0.2, 0.25) is 11.6 Å². The molecule has 9 heteroatoms. The van der Waals surface area contributed by atoms with Gasteiger partial charge in [0.25, 0.3) is 0 Å². The monoisotopic (exact) mass is 429 g/mol. The van der Waals surface area contributed by atoms with E-state index in [9.17, 15) is 4.79 Å². The highest BCUT2D eigenvalue weighted by Crippen LogP contribution is 2.49. The number of methoxy groups -OCH3 is 4. The first-order valence-electron chi connectivity index (χ1n) is 9.52. The van der Waals surface area contributed by atoms with Gasteiger partial charge in [0, 0.05) is 16.2 Å². The number of hydrogen-bond donors (Lipinski definition) is 1. The lowest BCUT2D eigenvalue weighted by Gasteiger charge is -2.32. The number of fused-ring (bicyclic) bond motifs is 1. The molecule has 8 nitrogen and oxygen atoms in total. The second kappa shape index (κ2) is 8.43. The standard InChI is InChI=1S/C21H23N3O5S/c1-26-13-8-11(9-14(27-2)19(13)28-3)18(25)12-6-5-7-15-16(12)24-17-20(29-4)22-10-23-21(17)30-15/h8-10,12,24H,5-7H2,1-4H3. The van der Waals surface area contributed by atoms with Crippen LogP contribution in [0.1, 0.15) is 29.6 Å². The molecule has 1 aromatic heterocycles. The predicted octanol–water partition coefficient (Wildman–Crippen LogP) is 3.92. The van der Waals surface area contributed by atoms with Crippen LogP contribution < -0.4 is 24.3 Å². The van der Waals surface area contributed by atoms with Gasteiger partial charge in [0.05, 0.1) is 34.4 Å². The van der Waals surface area contributed by atoms with Crippen molar-refractivity contribution in [1.29, 1.82) is 0 Å². The molecule has 0 saturated carbocycles. The van der Waals surface area contributed by atoms with E-state index in [2.05, 4.69) is 15.3 Å². The van der Waals surface area contributed by atoms with Crippen LogP contribution >= 0.6 is 11.8 Å². The highest BCUT2D eigenvalue weighted by Gasteiger charge is 2.35. The molecule has 0 bridgehead atoms. The van der Waals surface area contributed by atoms with Gasteiger partial charge in [-0.2, -0.15) is 4.98 Å². The van der Waals surface area contributed by atoms with Gasteiger partial charge in [-0.05, 0) is 31.4 Å². The Labute approximate surface area is 179 Å². The number of ketones is 1. The first-order valence-corrected chi connectivity index (χ1v) is 10.3. The Balaban J connectivity index is 1.72. The van der Waals surface area contributed by atoms with Crippen LogP contribution in [-0.2, 0) is 0 Å². The van der Waals surface area contributed by atoms with Crippen LogP contribution in [0.25, 0.3) is 0 Å². The maximum Gasteiger partial charge on any atom is 0.241 e. The highest BCUT2D eigenvalue weighted by atomic mass is 32.2. The van der Waals surface area contributed by atoms with Gasteiger partial charge in [0.1, 0.15) is 17.0 Å². The molecule has 1 aliphatic heterocycles. The van der Waals surface area contributed by atoms with Gasteiger partial charge >= 0.3 is 0 Å². The third-order valence-corrected chi connectivity index (χ3v) is 6.44. The summed E-state index contributed by atoms with van der Waals surface area (Å²) in [7, 11) is 6.18. The largest absolute Gasteiger partial charge is 0.493 e. The van der Waals surface area contributed by atoms with E-state index in [4.69, 9.17) is 18.9 Å². The van der Waals surface area contributed by atoms with Crippen LogP contribution in [0.15, 0.2) is 34.1 Å². The molecule has 0 fully saturated rings. The first-order chi connectivity index (χ1) is 14.6. The van der Waals surface area contributed by atoms with Crippen molar-refractivity contribution in [2.45, 2.75) is 24.3 Å². The fourth-order valence-corrected chi connectivity index (χ4v) is 4.96. The quantitative estimate of drug-likeness (QED) is 0.542. The van der Waals surface area contributed by atoms with E-state index in [1.807, 2.05) is 0 Å². The van der Waals surface area contributed by atoms with Gasteiger partial charge in [-0.3, -0.25) is 4.79 Å². The summed E-state index contributed by atoms with van der Waals surface area (Å²) in [6.07, 6.45) is 4.05. The zero-order valence-electron chi connectivity index (χ0n) is 17.3. The maximum absolute atomic E-state index is 13.6. The number of thioether (sulfide) groups is 1. The summed E-state index contributed by atoms with van der Waals surface area (Å²) >= 11 is 1.57. The van der Waals surface area contributed by atoms with E-state index in [1.54, 1.807) is 31.0 Å². The number of benzene rings is 1. The minimum atomic E-state index is -0.317. The molecule has 1 aliphatic carbocycles. The molecule has 2 aliphatic rings. The molecule has 158 valence electrons. The highest BCUT2D eigenvalue weighted by molar-refractivity contribution is 8.03. The van der Waals surface area contributed by atoms with Crippen molar-refractivity contribution in [2.24, 2.45) is 5.92 Å². The lowest BCUT2D eigenvalue weighted by Crippen LogP contribution is -2.27. The van der Waals surface area contributed by atoms with E-state index >= 15 is 0 Å². The summed E-state index contributed by atoms with van der Waals surface area (Å²) in [5.74, 6) is 1.51. The average molecular weight is 429 g/mol. The molecule has 1 atom stereocenters. The van der Waals surface area contributed by atoms with E-state index in [-0.39, 0.29) is 11.7 Å². The third kappa shape index (κ3) is 3.43. The molecular formula is C21H23N3O5S. The van der Waals surface area contributed by atoms with Crippen molar-refractivity contribution >= 4 is 23.2 Å². The molecule has 1 N–H and O–H groups in total. The number of aromatic nitrogens is 2. The molecule has 30 heavy (non-hydrogen) atoms. The topological polar surface area (TPSA) is 91.8 Å². The molecule has 2 aromatic rings. The summed E-state index contributed by atoms with van der Waals surface area (Å²) in [5.41, 5.74) is 2.11. The predicted molar refractivity (Wildman–Crippen MR) is 113 cm³/mol. The molecule has 2 heterocycles. The number of hydrogen-bond acceptors (Lipinski definition) is 9. The second-order valence-electron chi connectivity index (χ2n) is 6.85. The zero-order chi connectivity index (χ0) is 21.3. The Morgan fingerprint density at radius 2 is 1.80 bits per heavy atom. The van der Waals surface area contributed by atoms with Crippen molar-refractivity contribution in [1.82, 2.24) is 9.97 Å². The number of nitrogens with one attached hydrogen (secondary N) is 1. The second-order valence-corrected chi connectivity index (χ2v) is 7.93. The van der Waals surface area contributed by atoms with Crippen LogP contribution in [0, 0.1) is 5.92 Å². The van der Waals surface area contributed by atoms with Crippen LogP contribution in [0.2, 0.25) is 0 Å². The van der Waals surface area contributed by atoms with E-state index in [0.717, 1.165) is 34.9 Å². The maximum atomic E-state index is 13.6. The SMILES string of the molecule is COc1cc(C(=O)C2CCCC3=C2Nc2c(OC)ncnc2S3)cc(OC)c1OC. The molecule has 0 saturated heterocycles. The minimum Gasteiger partial charge on any atom is -0.493 e. The number of Topliss-reactive ketones (excluding diaryl/α,β-unsaturated/α-hetero) is 1. The Morgan fingerprint density at radius 3 is 2.43 bits per heavy atom. The molecular weight excluding hydrogens is 406 g/mol. The van der Waals surface area contributed by atoms with Gasteiger partial charge in [-0.1, -0.05) is 11.8 Å². The molecule has 4 rings (SSSR count). The number of ether oxygens (including phenoxy) is 4. The van der Waals surface area contributed by atoms with Gasteiger partial charge < -0.3 is 24.3 Å². The smallest absolute Gasteiger partial charge is 0.241 e. The Bertz CT molecular complexity index is 999. The van der Waals surface area contributed by atoms with Crippen molar-refractivity contribution in [3.05, 3.63) is 34.6 Å². The average Bonchev–Trinajstić information content (AvgIpc) is 2.80. The van der Waals surface area contributed by atoms with Crippen molar-refractivity contribution in [3.63, 3.8) is 0 Å². The van der Waals surface area contributed by atoms with E-state index in [1.165, 1.54) is 27.7 Å². The van der Waals surface area contributed by atoms with Gasteiger partial charge in [-0.25, -0.2) is 4.98 Å². The van der Waals surface area contributed by atoms with E-state index < -0.39 is 0 Å². The number of allylic oxidation sites excluding steroid dienone is 2. The normalized spacial score (nSPS) is 17.4. The fourth-order valence-electron chi connectivity index (χ4n) is 3.83. The summed E-state index contributed by atoms with van der Waals surface area (Å²) in [4.78, 5) is 23.2. The van der Waals surface area contributed by atoms with Crippen LogP contribution in [-0.4, -0.2) is 44.2 Å². The van der Waals surface area contributed by atoms with Gasteiger partial charge in [-0.15, -0.1) is 0 Å². The van der Waals surface area contributed by atoms with Crippen LogP contribution in [0.5, 0.6) is 23.1 Å². The molecule has 0 amide bonds. The molecule has 1 unspecified atom stereocenters. The molecule has 0 radical (unpaired) electrons. The summed E-state index contributed by atoms with van der Waals surface area (Å²) in [5, 5.41) is 4.21. The Kier molecular flexibility index (Phi) is 5.72. The molecule has 1 aromatic carbocycles. The minimum absolute atomic E-state index is 0.00572. The summed E-state index contributed by atoms with van der Waals surface area (Å²) in [6.45, 7) is 0. The fraction of sp³-hybridized carbons (Fsp3) is 0.381. The van der Waals surface area contributed by atoms with Crippen molar-refractivity contribution in [2.75, 3.05) is 33.8 Å². The summed E-state index contributed by atoms with van der Waals surface area (Å²) in [6, 6.07) is 3.40. The zero-order valence-corrected chi connectivity index (χ0v) is 18.1. The molecule has 0 spiro atoms. The number of nitrogens with zero attached hydrogens (tertiary/aromatic N) is 2. The summed E-state index contributed by atoms with van der Waals surface area (Å²) < 4.78 is 21.6.